The molecule has 1 aromatic rings. The molecule has 5 nitrogen and oxygen atoms in total. The van der Waals surface area contributed by atoms with Crippen molar-refractivity contribution < 1.29 is 14.7 Å². The highest BCUT2D eigenvalue weighted by molar-refractivity contribution is 5.92. The Labute approximate surface area is 130 Å². The van der Waals surface area contributed by atoms with Gasteiger partial charge in [-0.3, -0.25) is 9.59 Å². The average Bonchev–Trinajstić information content (AvgIpc) is 2.82. The number of carbonyl (C=O) groups is 2. The van der Waals surface area contributed by atoms with Gasteiger partial charge in [0.25, 0.3) is 5.91 Å². The number of nitrogens with one attached hydrogen (secondary N) is 1. The van der Waals surface area contributed by atoms with Crippen molar-refractivity contribution >= 4 is 11.9 Å². The van der Waals surface area contributed by atoms with Gasteiger partial charge in [-0.1, -0.05) is 19.9 Å². The van der Waals surface area contributed by atoms with Crippen molar-refractivity contribution in [1.82, 2.24) is 10.3 Å². The Morgan fingerprint density at radius 3 is 2.73 bits per heavy atom. The molecular weight excluding hydrogens is 280 g/mol. The molecule has 2 fully saturated rings. The zero-order valence-corrected chi connectivity index (χ0v) is 13.0. The highest BCUT2D eigenvalue weighted by Crippen LogP contribution is 2.49. The van der Waals surface area contributed by atoms with Crippen LogP contribution in [0.15, 0.2) is 18.2 Å². The number of amides is 1. The summed E-state index contributed by atoms with van der Waals surface area (Å²) < 4.78 is 0. The van der Waals surface area contributed by atoms with Crippen molar-refractivity contribution in [1.29, 1.82) is 0 Å². The first-order valence-electron chi connectivity index (χ1n) is 7.96. The Morgan fingerprint density at radius 1 is 1.27 bits per heavy atom. The minimum atomic E-state index is -0.703. The number of rotatable bonds is 4. The molecule has 4 atom stereocenters. The van der Waals surface area contributed by atoms with Crippen LogP contribution in [0.1, 0.15) is 55.2 Å². The monoisotopic (exact) mass is 302 g/mol. The Hall–Kier alpha value is -1.91. The summed E-state index contributed by atoms with van der Waals surface area (Å²) in [6, 6.07) is 5.62. The Morgan fingerprint density at radius 2 is 2.05 bits per heavy atom. The normalized spacial score (nSPS) is 29.8. The number of carboxylic acid groups (broad SMARTS) is 1. The van der Waals surface area contributed by atoms with Crippen LogP contribution in [0.4, 0.5) is 0 Å². The number of carbonyl (C=O) groups excluding carboxylic acids is 1. The molecule has 3 rings (SSSR count). The first-order valence-corrected chi connectivity index (χ1v) is 7.96. The molecule has 0 aromatic carbocycles. The lowest BCUT2D eigenvalue weighted by atomic mass is 9.71. The number of hydrogen-bond donors (Lipinski definition) is 2. The average molecular weight is 302 g/mol. The van der Waals surface area contributed by atoms with E-state index in [4.69, 9.17) is 5.11 Å². The number of pyridine rings is 1. The predicted octanol–water partition coefficient (Wildman–Crippen LogP) is 2.43. The van der Waals surface area contributed by atoms with Gasteiger partial charge in [-0.25, -0.2) is 4.98 Å². The van der Waals surface area contributed by atoms with Gasteiger partial charge in [-0.15, -0.1) is 0 Å². The van der Waals surface area contributed by atoms with Crippen molar-refractivity contribution in [3.63, 3.8) is 0 Å². The first kappa shape index (κ1) is 15.0. The maximum absolute atomic E-state index is 12.3. The maximum atomic E-state index is 12.3. The van der Waals surface area contributed by atoms with E-state index in [0.29, 0.717) is 24.0 Å². The molecule has 2 aliphatic rings. The molecule has 22 heavy (non-hydrogen) atoms. The highest BCUT2D eigenvalue weighted by Gasteiger charge is 2.50. The highest BCUT2D eigenvalue weighted by atomic mass is 16.4. The minimum Gasteiger partial charge on any atom is -0.481 e. The van der Waals surface area contributed by atoms with Gasteiger partial charge in [0, 0.05) is 11.7 Å². The van der Waals surface area contributed by atoms with E-state index in [2.05, 4.69) is 10.3 Å². The van der Waals surface area contributed by atoms with Crippen molar-refractivity contribution in [3.05, 3.63) is 29.6 Å². The fourth-order valence-electron chi connectivity index (χ4n) is 3.74. The van der Waals surface area contributed by atoms with Crippen LogP contribution in [0.25, 0.3) is 0 Å². The summed E-state index contributed by atoms with van der Waals surface area (Å²) in [5.74, 6) is -0.0264. The number of hydrogen-bond acceptors (Lipinski definition) is 3. The second kappa shape index (κ2) is 5.71. The third-order valence-corrected chi connectivity index (χ3v) is 5.08. The van der Waals surface area contributed by atoms with Gasteiger partial charge in [0.05, 0.1) is 5.92 Å². The van der Waals surface area contributed by atoms with Crippen LogP contribution in [-0.4, -0.2) is 28.0 Å². The summed E-state index contributed by atoms with van der Waals surface area (Å²) in [6.45, 7) is 4.09. The van der Waals surface area contributed by atoms with Crippen LogP contribution >= 0.6 is 0 Å². The van der Waals surface area contributed by atoms with E-state index in [9.17, 15) is 9.59 Å². The van der Waals surface area contributed by atoms with E-state index in [1.165, 1.54) is 0 Å². The van der Waals surface area contributed by atoms with Gasteiger partial charge in [0.2, 0.25) is 0 Å². The topological polar surface area (TPSA) is 79.3 Å². The third kappa shape index (κ3) is 2.72. The van der Waals surface area contributed by atoms with Gasteiger partial charge in [0.1, 0.15) is 5.69 Å². The van der Waals surface area contributed by atoms with Crippen molar-refractivity contribution in [2.24, 2.45) is 17.8 Å². The Bertz CT molecular complexity index is 599. The van der Waals surface area contributed by atoms with Crippen LogP contribution in [0.2, 0.25) is 0 Å². The van der Waals surface area contributed by atoms with Gasteiger partial charge in [-0.05, 0) is 49.1 Å². The van der Waals surface area contributed by atoms with Crippen molar-refractivity contribution in [2.45, 2.75) is 45.1 Å². The lowest BCUT2D eigenvalue weighted by Gasteiger charge is -2.40. The Kier molecular flexibility index (Phi) is 3.89. The fraction of sp³-hybridized carbons (Fsp3) is 0.588. The number of aromatic nitrogens is 1. The SMILES string of the molecule is CC(C)c1cccc(C(=O)N[C@@H]2C[C@@H]3CC(C(=O)O)C[C@@H]32)n1. The number of carboxylic acids is 1. The number of nitrogens with zero attached hydrogens (tertiary/aromatic N) is 1. The maximum Gasteiger partial charge on any atom is 0.306 e. The smallest absolute Gasteiger partial charge is 0.306 e. The summed E-state index contributed by atoms with van der Waals surface area (Å²) in [5, 5.41) is 12.1. The first-order chi connectivity index (χ1) is 10.5. The lowest BCUT2D eigenvalue weighted by Crippen LogP contribution is -2.50. The zero-order valence-electron chi connectivity index (χ0n) is 13.0. The summed E-state index contributed by atoms with van der Waals surface area (Å²) in [7, 11) is 0. The summed E-state index contributed by atoms with van der Waals surface area (Å²) in [6.07, 6.45) is 2.34. The summed E-state index contributed by atoms with van der Waals surface area (Å²) >= 11 is 0. The lowest BCUT2D eigenvalue weighted by molar-refractivity contribution is -0.141. The largest absolute Gasteiger partial charge is 0.481 e. The Balaban J connectivity index is 1.62. The van der Waals surface area contributed by atoms with Gasteiger partial charge < -0.3 is 10.4 Å². The molecule has 0 radical (unpaired) electrons. The number of fused-ring (bicyclic) bond motifs is 1. The van der Waals surface area contributed by atoms with Crippen LogP contribution < -0.4 is 5.32 Å². The number of aliphatic carboxylic acids is 1. The van der Waals surface area contributed by atoms with E-state index in [0.717, 1.165) is 18.5 Å². The van der Waals surface area contributed by atoms with Crippen LogP contribution in [-0.2, 0) is 4.79 Å². The molecule has 0 bridgehead atoms. The van der Waals surface area contributed by atoms with Crippen LogP contribution in [0, 0.1) is 17.8 Å². The molecule has 1 amide bonds. The van der Waals surface area contributed by atoms with Crippen molar-refractivity contribution in [2.75, 3.05) is 0 Å². The molecule has 2 aliphatic carbocycles. The van der Waals surface area contributed by atoms with Gasteiger partial charge in [0.15, 0.2) is 0 Å². The van der Waals surface area contributed by atoms with Crippen LogP contribution in [0.5, 0.6) is 0 Å². The molecular formula is C17H22N2O3. The standard InChI is InChI=1S/C17H22N2O3/c1-9(2)13-4-3-5-14(18-13)16(20)19-15-8-10-6-11(17(21)22)7-12(10)15/h3-5,9-12,15H,6-8H2,1-2H3,(H,19,20)(H,21,22)/t10-,11?,12-,15+/m0/s1. The van der Waals surface area contributed by atoms with Gasteiger partial charge >= 0.3 is 5.97 Å². The van der Waals surface area contributed by atoms with Crippen LogP contribution in [0.3, 0.4) is 0 Å². The van der Waals surface area contributed by atoms with E-state index >= 15 is 0 Å². The zero-order chi connectivity index (χ0) is 15.9. The molecule has 0 aliphatic heterocycles. The second-order valence-corrected chi connectivity index (χ2v) is 6.85. The molecule has 118 valence electrons. The summed E-state index contributed by atoms with van der Waals surface area (Å²) in [4.78, 5) is 27.8. The van der Waals surface area contributed by atoms with E-state index in [-0.39, 0.29) is 23.8 Å². The molecule has 2 N–H and O–H groups in total. The molecule has 0 spiro atoms. The molecule has 1 aromatic heterocycles. The van der Waals surface area contributed by atoms with E-state index < -0.39 is 5.97 Å². The predicted molar refractivity (Wildman–Crippen MR) is 81.5 cm³/mol. The third-order valence-electron chi connectivity index (χ3n) is 5.08. The quantitative estimate of drug-likeness (QED) is 0.895. The second-order valence-electron chi connectivity index (χ2n) is 6.85. The molecule has 1 unspecified atom stereocenters. The molecule has 0 saturated heterocycles. The van der Waals surface area contributed by atoms with E-state index in [1.807, 2.05) is 26.0 Å². The molecule has 5 heteroatoms. The summed E-state index contributed by atoms with van der Waals surface area (Å²) in [5.41, 5.74) is 1.35. The molecule has 2 saturated carbocycles. The van der Waals surface area contributed by atoms with Crippen molar-refractivity contribution in [3.8, 4) is 0 Å². The fourth-order valence-corrected chi connectivity index (χ4v) is 3.74. The van der Waals surface area contributed by atoms with Gasteiger partial charge in [-0.2, -0.15) is 0 Å². The van der Waals surface area contributed by atoms with E-state index in [1.54, 1.807) is 6.07 Å². The molecule has 1 heterocycles. The minimum absolute atomic E-state index is 0.103.